The van der Waals surface area contributed by atoms with Crippen LogP contribution in [0.3, 0.4) is 0 Å². The van der Waals surface area contributed by atoms with E-state index in [9.17, 15) is 9.90 Å². The molecule has 0 aliphatic heterocycles. The molecule has 4 aliphatic rings. The van der Waals surface area contributed by atoms with Crippen molar-refractivity contribution in [1.82, 2.24) is 0 Å². The van der Waals surface area contributed by atoms with Gasteiger partial charge in [-0.3, -0.25) is 4.79 Å². The number of carbonyl (C=O) groups excluding carboxylic acids is 1. The first-order chi connectivity index (χ1) is 11.8. The maximum Gasteiger partial charge on any atom is 0.161 e. The monoisotopic (exact) mass is 344 g/mol. The summed E-state index contributed by atoms with van der Waals surface area (Å²) < 4.78 is 5.51. The number of ether oxygens (including phenoxy) is 1. The molecule has 0 aromatic heterocycles. The van der Waals surface area contributed by atoms with Crippen molar-refractivity contribution in [3.8, 4) is 0 Å². The number of carbonyl (C=O) groups is 1. The number of hydrogen-bond donors (Lipinski definition) is 1. The second-order valence-corrected chi connectivity index (χ2v) is 9.42. The zero-order valence-electron chi connectivity index (χ0n) is 16.1. The van der Waals surface area contributed by atoms with Crippen LogP contribution in [0, 0.1) is 28.6 Å². The summed E-state index contributed by atoms with van der Waals surface area (Å²) >= 11 is 0. The fourth-order valence-electron chi connectivity index (χ4n) is 7.05. The van der Waals surface area contributed by atoms with Gasteiger partial charge in [0, 0.05) is 11.8 Å². The van der Waals surface area contributed by atoms with Crippen molar-refractivity contribution in [2.75, 3.05) is 7.11 Å². The predicted molar refractivity (Wildman–Crippen MR) is 97.8 cm³/mol. The maximum atomic E-state index is 12.3. The van der Waals surface area contributed by atoms with Crippen molar-refractivity contribution in [2.45, 2.75) is 71.3 Å². The summed E-state index contributed by atoms with van der Waals surface area (Å²) in [5.41, 5.74) is 0.330. The van der Waals surface area contributed by atoms with Crippen LogP contribution in [-0.2, 0) is 9.53 Å². The molecule has 0 saturated heterocycles. The number of rotatable bonds is 2. The average molecular weight is 344 g/mol. The smallest absolute Gasteiger partial charge is 0.161 e. The first-order valence-corrected chi connectivity index (χ1v) is 9.95. The molecular weight excluding hydrogens is 312 g/mol. The molecule has 0 amide bonds. The van der Waals surface area contributed by atoms with Crippen LogP contribution in [0.2, 0.25) is 0 Å². The lowest BCUT2D eigenvalue weighted by atomic mass is 9.47. The molecule has 25 heavy (non-hydrogen) atoms. The summed E-state index contributed by atoms with van der Waals surface area (Å²) in [6.45, 7) is 6.21. The van der Waals surface area contributed by atoms with E-state index in [2.05, 4.69) is 26.0 Å². The second-order valence-electron chi connectivity index (χ2n) is 9.42. The van der Waals surface area contributed by atoms with Crippen molar-refractivity contribution >= 4 is 5.78 Å². The van der Waals surface area contributed by atoms with E-state index in [1.807, 2.05) is 0 Å². The summed E-state index contributed by atoms with van der Waals surface area (Å²) in [5, 5.41) is 11.2. The Morgan fingerprint density at radius 2 is 1.92 bits per heavy atom. The van der Waals surface area contributed by atoms with Gasteiger partial charge in [0.05, 0.1) is 12.9 Å². The van der Waals surface area contributed by atoms with Crippen LogP contribution in [0.4, 0.5) is 0 Å². The van der Waals surface area contributed by atoms with Crippen molar-refractivity contribution < 1.29 is 14.6 Å². The van der Waals surface area contributed by atoms with Gasteiger partial charge >= 0.3 is 0 Å². The minimum absolute atomic E-state index is 0.0282. The first kappa shape index (κ1) is 17.3. The van der Waals surface area contributed by atoms with Gasteiger partial charge in [-0.2, -0.15) is 0 Å². The highest BCUT2D eigenvalue weighted by atomic mass is 16.5. The minimum Gasteiger partial charge on any atom is -0.501 e. The van der Waals surface area contributed by atoms with Crippen LogP contribution in [0.1, 0.15) is 65.7 Å². The van der Waals surface area contributed by atoms with Gasteiger partial charge in [0.25, 0.3) is 0 Å². The van der Waals surface area contributed by atoms with Gasteiger partial charge in [0.2, 0.25) is 0 Å². The number of methoxy groups -OCH3 is 1. The van der Waals surface area contributed by atoms with Crippen molar-refractivity contribution in [3.63, 3.8) is 0 Å². The number of Topliss-reactive ketones (excluding diaryl/α,β-unsaturated/α-hetero) is 1. The molecule has 1 N–H and O–H groups in total. The van der Waals surface area contributed by atoms with Crippen LogP contribution < -0.4 is 0 Å². The molecule has 0 radical (unpaired) electrons. The van der Waals surface area contributed by atoms with Gasteiger partial charge in [-0.05, 0) is 80.3 Å². The summed E-state index contributed by atoms with van der Waals surface area (Å²) in [4.78, 5) is 12.3. The molecule has 4 rings (SSSR count). The van der Waals surface area contributed by atoms with Crippen LogP contribution in [-0.4, -0.2) is 23.6 Å². The quantitative estimate of drug-likeness (QED) is 0.807. The summed E-state index contributed by atoms with van der Waals surface area (Å²) in [5.74, 6) is 2.80. The molecule has 6 atom stereocenters. The molecule has 0 aromatic rings. The standard InChI is InChI=1S/C22H32O3/c1-14(23)22(24)12-9-19-17-6-5-15-13-16(25-4)7-10-20(15,2)18(17)8-11-21(19,22)3/h5,13,17-19,24H,6-12H2,1-4H3/t17-,18+,19+,20-,21-,22+/m1/s1. The van der Waals surface area contributed by atoms with Crippen LogP contribution in [0.15, 0.2) is 23.5 Å². The van der Waals surface area contributed by atoms with Gasteiger partial charge in [-0.15, -0.1) is 0 Å². The second kappa shape index (κ2) is 5.45. The van der Waals surface area contributed by atoms with Crippen LogP contribution in [0.5, 0.6) is 0 Å². The van der Waals surface area contributed by atoms with E-state index in [0.29, 0.717) is 24.2 Å². The molecule has 0 unspecified atom stereocenters. The van der Waals surface area contributed by atoms with Gasteiger partial charge in [-0.1, -0.05) is 19.9 Å². The Morgan fingerprint density at radius 1 is 1.20 bits per heavy atom. The SMILES string of the molecule is COC1=CC2=CC[C@@H]3[C@H](CC[C@]4(C)[C@H]3CC[C@]4(O)C(C)=O)[C@]2(C)CC1. The molecule has 0 heterocycles. The molecule has 2 fully saturated rings. The van der Waals surface area contributed by atoms with E-state index >= 15 is 0 Å². The zero-order valence-corrected chi connectivity index (χ0v) is 16.1. The molecule has 4 aliphatic carbocycles. The van der Waals surface area contributed by atoms with Gasteiger partial charge in [0.15, 0.2) is 5.78 Å². The number of allylic oxidation sites excluding steroid dienone is 4. The molecule has 0 aromatic carbocycles. The van der Waals surface area contributed by atoms with Crippen molar-refractivity contribution in [2.24, 2.45) is 28.6 Å². The lowest BCUT2D eigenvalue weighted by molar-refractivity contribution is -0.158. The van der Waals surface area contributed by atoms with E-state index in [1.165, 1.54) is 5.57 Å². The van der Waals surface area contributed by atoms with Crippen LogP contribution >= 0.6 is 0 Å². The minimum atomic E-state index is -1.11. The first-order valence-electron chi connectivity index (χ1n) is 9.95. The van der Waals surface area contributed by atoms with E-state index in [1.54, 1.807) is 14.0 Å². The fraction of sp³-hybridized carbons (Fsp3) is 0.773. The summed E-state index contributed by atoms with van der Waals surface area (Å²) in [6.07, 6.45) is 11.7. The molecule has 0 spiro atoms. The van der Waals surface area contributed by atoms with E-state index in [0.717, 1.165) is 44.3 Å². The third-order valence-electron chi connectivity index (χ3n) is 8.73. The van der Waals surface area contributed by atoms with E-state index in [4.69, 9.17) is 4.74 Å². The maximum absolute atomic E-state index is 12.3. The average Bonchev–Trinajstić information content (AvgIpc) is 2.87. The molecular formula is C22H32O3. The molecule has 3 nitrogen and oxygen atoms in total. The Hall–Kier alpha value is -1.09. The number of ketones is 1. The van der Waals surface area contributed by atoms with E-state index in [-0.39, 0.29) is 16.6 Å². The predicted octanol–water partition coefficient (Wildman–Crippen LogP) is 4.41. The van der Waals surface area contributed by atoms with E-state index < -0.39 is 5.60 Å². The van der Waals surface area contributed by atoms with Crippen molar-refractivity contribution in [3.05, 3.63) is 23.5 Å². The topological polar surface area (TPSA) is 46.5 Å². The Labute approximate surface area is 151 Å². The highest BCUT2D eigenvalue weighted by Crippen LogP contribution is 2.67. The normalized spacial score (nSPS) is 48.6. The Kier molecular flexibility index (Phi) is 3.78. The summed E-state index contributed by atoms with van der Waals surface area (Å²) in [7, 11) is 1.77. The summed E-state index contributed by atoms with van der Waals surface area (Å²) in [6, 6.07) is 0. The van der Waals surface area contributed by atoms with Gasteiger partial charge in [0.1, 0.15) is 5.60 Å². The number of aliphatic hydroxyl groups is 1. The van der Waals surface area contributed by atoms with Gasteiger partial charge < -0.3 is 9.84 Å². The Balaban J connectivity index is 1.70. The zero-order chi connectivity index (χ0) is 18.0. The van der Waals surface area contributed by atoms with Crippen molar-refractivity contribution in [1.29, 1.82) is 0 Å². The van der Waals surface area contributed by atoms with Crippen LogP contribution in [0.25, 0.3) is 0 Å². The number of fused-ring (bicyclic) bond motifs is 5. The fourth-order valence-corrected chi connectivity index (χ4v) is 7.05. The molecule has 0 bridgehead atoms. The van der Waals surface area contributed by atoms with Gasteiger partial charge in [-0.25, -0.2) is 0 Å². The third kappa shape index (κ3) is 2.11. The highest BCUT2D eigenvalue weighted by molar-refractivity contribution is 5.86. The lowest BCUT2D eigenvalue weighted by Gasteiger charge is -2.57. The Bertz CT molecular complexity index is 662. The molecule has 138 valence electrons. The third-order valence-corrected chi connectivity index (χ3v) is 8.73. The lowest BCUT2D eigenvalue weighted by Crippen LogP contribution is -2.56. The highest BCUT2D eigenvalue weighted by Gasteiger charge is 2.65. The molecule has 3 heteroatoms. The largest absolute Gasteiger partial charge is 0.501 e. The molecule has 2 saturated carbocycles. The number of hydrogen-bond acceptors (Lipinski definition) is 3. The Morgan fingerprint density at radius 3 is 2.60 bits per heavy atom.